The summed E-state index contributed by atoms with van der Waals surface area (Å²) in [6.45, 7) is 16.0. The average molecular weight is 365 g/mol. The molecule has 0 fully saturated rings. The van der Waals surface area contributed by atoms with E-state index < -0.39 is 0 Å². The molecule has 1 aliphatic carbocycles. The van der Waals surface area contributed by atoms with Gasteiger partial charge >= 0.3 is 0 Å². The molecule has 0 saturated carbocycles. The first kappa shape index (κ1) is 23.4. The van der Waals surface area contributed by atoms with Crippen LogP contribution in [0, 0.1) is 35.0 Å². The fraction of sp³-hybridized carbons (Fsp3) is 0.875. The fourth-order valence-electron chi connectivity index (χ4n) is 4.84. The topological polar surface area (TPSA) is 37.3 Å². The first-order chi connectivity index (χ1) is 12.1. The normalized spacial score (nSPS) is 30.2. The van der Waals surface area contributed by atoms with E-state index in [1.165, 1.54) is 6.42 Å². The SMILES string of the molecule is CC[C@H](C)[C@H](CCC(C)C1CC/C=C/C(=O)CCC(C)(C)C1C)[C@H](C)O. The molecule has 0 aromatic heterocycles. The van der Waals surface area contributed by atoms with Crippen molar-refractivity contribution in [3.8, 4) is 0 Å². The summed E-state index contributed by atoms with van der Waals surface area (Å²) in [6, 6.07) is 0. The maximum Gasteiger partial charge on any atom is 0.155 e. The van der Waals surface area contributed by atoms with Crippen molar-refractivity contribution in [3.05, 3.63) is 12.2 Å². The Hall–Kier alpha value is -0.630. The molecule has 1 N–H and O–H groups in total. The van der Waals surface area contributed by atoms with Gasteiger partial charge < -0.3 is 5.11 Å². The summed E-state index contributed by atoms with van der Waals surface area (Å²) in [5.74, 6) is 3.19. The van der Waals surface area contributed by atoms with Gasteiger partial charge in [0.2, 0.25) is 0 Å². The quantitative estimate of drug-likeness (QED) is 0.565. The van der Waals surface area contributed by atoms with E-state index in [4.69, 9.17) is 0 Å². The van der Waals surface area contributed by atoms with Crippen LogP contribution in [0.25, 0.3) is 0 Å². The molecule has 0 aromatic carbocycles. The monoisotopic (exact) mass is 364 g/mol. The van der Waals surface area contributed by atoms with E-state index in [1.54, 1.807) is 6.08 Å². The van der Waals surface area contributed by atoms with Gasteiger partial charge in [-0.15, -0.1) is 0 Å². The first-order valence-electron chi connectivity index (χ1n) is 11.0. The Morgan fingerprint density at radius 2 is 1.88 bits per heavy atom. The molecule has 26 heavy (non-hydrogen) atoms. The minimum atomic E-state index is -0.219. The number of hydrogen-bond donors (Lipinski definition) is 1. The van der Waals surface area contributed by atoms with Gasteiger partial charge in [-0.2, -0.15) is 0 Å². The maximum absolute atomic E-state index is 11.9. The lowest BCUT2D eigenvalue weighted by atomic mass is 9.64. The zero-order chi connectivity index (χ0) is 19.9. The van der Waals surface area contributed by atoms with E-state index in [0.717, 1.165) is 32.1 Å². The zero-order valence-electron chi connectivity index (χ0n) is 18.4. The third-order valence-corrected chi connectivity index (χ3v) is 7.54. The number of ketones is 1. The van der Waals surface area contributed by atoms with Crippen molar-refractivity contribution in [3.63, 3.8) is 0 Å². The number of carbonyl (C=O) groups is 1. The lowest BCUT2D eigenvalue weighted by molar-refractivity contribution is -0.115. The van der Waals surface area contributed by atoms with Crippen molar-refractivity contribution in [2.24, 2.45) is 35.0 Å². The molecular weight excluding hydrogens is 320 g/mol. The van der Waals surface area contributed by atoms with Crippen LogP contribution in [-0.4, -0.2) is 17.0 Å². The van der Waals surface area contributed by atoms with Crippen molar-refractivity contribution in [2.75, 3.05) is 0 Å². The largest absolute Gasteiger partial charge is 0.393 e. The van der Waals surface area contributed by atoms with Gasteiger partial charge in [-0.25, -0.2) is 0 Å². The number of hydrogen-bond acceptors (Lipinski definition) is 2. The molecule has 0 saturated heterocycles. The highest BCUT2D eigenvalue weighted by Crippen LogP contribution is 2.43. The Balaban J connectivity index is 2.83. The molecule has 6 atom stereocenters. The van der Waals surface area contributed by atoms with Crippen LogP contribution >= 0.6 is 0 Å². The Morgan fingerprint density at radius 1 is 1.23 bits per heavy atom. The van der Waals surface area contributed by atoms with E-state index in [9.17, 15) is 9.90 Å². The van der Waals surface area contributed by atoms with E-state index >= 15 is 0 Å². The fourth-order valence-corrected chi connectivity index (χ4v) is 4.84. The maximum atomic E-state index is 11.9. The van der Waals surface area contributed by atoms with Crippen LogP contribution in [0.4, 0.5) is 0 Å². The second kappa shape index (κ2) is 10.6. The molecule has 0 aromatic rings. The van der Waals surface area contributed by atoms with Gasteiger partial charge in [0.25, 0.3) is 0 Å². The van der Waals surface area contributed by atoms with Gasteiger partial charge in [0.05, 0.1) is 6.10 Å². The van der Waals surface area contributed by atoms with Gasteiger partial charge in [-0.1, -0.05) is 60.5 Å². The highest BCUT2D eigenvalue weighted by Gasteiger charge is 2.35. The molecule has 3 unspecified atom stereocenters. The highest BCUT2D eigenvalue weighted by molar-refractivity contribution is 5.89. The van der Waals surface area contributed by atoms with E-state index in [0.29, 0.717) is 36.0 Å². The lowest BCUT2D eigenvalue weighted by Crippen LogP contribution is -2.33. The smallest absolute Gasteiger partial charge is 0.155 e. The summed E-state index contributed by atoms with van der Waals surface area (Å²) in [6.07, 6.45) is 10.9. The van der Waals surface area contributed by atoms with Crippen molar-refractivity contribution in [1.82, 2.24) is 0 Å². The van der Waals surface area contributed by atoms with Crippen molar-refractivity contribution >= 4 is 5.78 Å². The Bertz CT molecular complexity index is 449. The summed E-state index contributed by atoms with van der Waals surface area (Å²) in [5.41, 5.74) is 0.195. The van der Waals surface area contributed by atoms with E-state index in [-0.39, 0.29) is 17.3 Å². The molecule has 152 valence electrons. The Kier molecular flexibility index (Phi) is 9.58. The third kappa shape index (κ3) is 6.83. The molecule has 1 rings (SSSR count). The minimum absolute atomic E-state index is 0.195. The highest BCUT2D eigenvalue weighted by atomic mass is 16.3. The number of carbonyl (C=O) groups excluding carboxylic acids is 1. The van der Waals surface area contributed by atoms with E-state index in [1.807, 2.05) is 6.92 Å². The van der Waals surface area contributed by atoms with Gasteiger partial charge in [-0.05, 0) is 73.7 Å². The Morgan fingerprint density at radius 3 is 2.46 bits per heavy atom. The van der Waals surface area contributed by atoms with Gasteiger partial charge in [0.1, 0.15) is 0 Å². The van der Waals surface area contributed by atoms with Gasteiger partial charge in [0.15, 0.2) is 5.78 Å². The molecule has 2 nitrogen and oxygen atoms in total. The standard InChI is InChI=1S/C24H44O2/c1-8-17(2)23(20(5)25)14-13-18(3)22-12-10-9-11-21(26)15-16-24(6,7)19(22)4/h9,11,17-20,22-23,25H,8,10,12-16H2,1-7H3/b11-9+/t17-,18?,19?,20-,22?,23-/m0/s1. The van der Waals surface area contributed by atoms with Crippen LogP contribution in [-0.2, 0) is 4.79 Å². The van der Waals surface area contributed by atoms with Gasteiger partial charge in [0, 0.05) is 6.42 Å². The molecule has 2 heteroatoms. The van der Waals surface area contributed by atoms with Gasteiger partial charge in [-0.3, -0.25) is 4.79 Å². The molecule has 0 radical (unpaired) electrons. The van der Waals surface area contributed by atoms with Crippen LogP contribution in [0.1, 0.15) is 93.4 Å². The summed E-state index contributed by atoms with van der Waals surface area (Å²) >= 11 is 0. The molecule has 0 bridgehead atoms. The lowest BCUT2D eigenvalue weighted by Gasteiger charge is -2.41. The molecule has 1 aliphatic rings. The first-order valence-corrected chi connectivity index (χ1v) is 11.0. The molecular formula is C24H44O2. The summed E-state index contributed by atoms with van der Waals surface area (Å²) in [5, 5.41) is 10.2. The minimum Gasteiger partial charge on any atom is -0.393 e. The van der Waals surface area contributed by atoms with Crippen molar-refractivity contribution < 1.29 is 9.90 Å². The average Bonchev–Trinajstić information content (AvgIpc) is 2.58. The second-order valence-corrected chi connectivity index (χ2v) is 9.73. The molecule has 0 aliphatic heterocycles. The molecule has 0 heterocycles. The van der Waals surface area contributed by atoms with Crippen LogP contribution in [0.3, 0.4) is 0 Å². The van der Waals surface area contributed by atoms with Crippen molar-refractivity contribution in [2.45, 2.75) is 99.5 Å². The van der Waals surface area contributed by atoms with Crippen LogP contribution in [0.5, 0.6) is 0 Å². The molecule has 0 spiro atoms. The number of rotatable bonds is 7. The third-order valence-electron chi connectivity index (χ3n) is 7.54. The summed E-state index contributed by atoms with van der Waals surface area (Å²) in [4.78, 5) is 11.9. The van der Waals surface area contributed by atoms with Crippen molar-refractivity contribution in [1.29, 1.82) is 0 Å². The second-order valence-electron chi connectivity index (χ2n) is 9.73. The predicted molar refractivity (Wildman–Crippen MR) is 112 cm³/mol. The summed E-state index contributed by atoms with van der Waals surface area (Å²) < 4.78 is 0. The zero-order valence-corrected chi connectivity index (χ0v) is 18.4. The van der Waals surface area contributed by atoms with Crippen LogP contribution in [0.2, 0.25) is 0 Å². The molecule has 0 amide bonds. The number of allylic oxidation sites excluding steroid dienone is 2. The van der Waals surface area contributed by atoms with E-state index in [2.05, 4.69) is 47.6 Å². The van der Waals surface area contributed by atoms with Crippen LogP contribution in [0.15, 0.2) is 12.2 Å². The predicted octanol–water partition coefficient (Wildman–Crippen LogP) is 6.42. The Labute approximate surface area is 162 Å². The number of aliphatic hydroxyl groups excluding tert-OH is 1. The number of aliphatic hydroxyl groups is 1. The van der Waals surface area contributed by atoms with Crippen LogP contribution < -0.4 is 0 Å². The summed E-state index contributed by atoms with van der Waals surface area (Å²) in [7, 11) is 0.